The molecule has 0 atom stereocenters. The van der Waals surface area contributed by atoms with Gasteiger partial charge in [0.2, 0.25) is 5.91 Å². The Morgan fingerprint density at radius 3 is 2.65 bits per heavy atom. The van der Waals surface area contributed by atoms with Crippen molar-refractivity contribution in [3.8, 4) is 0 Å². The Labute approximate surface area is 137 Å². The monoisotopic (exact) mass is 319 g/mol. The number of anilines is 1. The fourth-order valence-corrected chi connectivity index (χ4v) is 2.97. The van der Waals surface area contributed by atoms with E-state index in [2.05, 4.69) is 0 Å². The van der Waals surface area contributed by atoms with Crippen molar-refractivity contribution in [2.24, 2.45) is 5.41 Å². The van der Waals surface area contributed by atoms with Crippen LogP contribution in [-0.4, -0.2) is 39.2 Å². The number of unbranched alkanes of at least 4 members (excludes halogenated alkanes) is 1. The molecule has 1 aliphatic rings. The zero-order valence-corrected chi connectivity index (χ0v) is 14.3. The number of nitrogens with zero attached hydrogens (tertiary/aromatic N) is 1. The van der Waals surface area contributed by atoms with E-state index in [-0.39, 0.29) is 11.9 Å². The number of esters is 1. The molecular weight excluding hydrogens is 294 g/mol. The first-order chi connectivity index (χ1) is 10.9. The second kappa shape index (κ2) is 7.13. The van der Waals surface area contributed by atoms with Gasteiger partial charge in [0.15, 0.2) is 0 Å². The molecule has 0 bridgehead atoms. The number of carbonyl (C=O) groups excluding carboxylic acids is 2. The quantitative estimate of drug-likeness (QED) is 0.597. The first kappa shape index (κ1) is 17.5. The smallest absolute Gasteiger partial charge is 0.337 e. The number of methoxy groups -OCH3 is 2. The number of hydrogen-bond donors (Lipinski definition) is 0. The Morgan fingerprint density at radius 2 is 2.00 bits per heavy atom. The van der Waals surface area contributed by atoms with Crippen molar-refractivity contribution in [1.29, 1.82) is 0 Å². The number of hydrogen-bond acceptors (Lipinski definition) is 4. The topological polar surface area (TPSA) is 55.8 Å². The fourth-order valence-electron chi connectivity index (χ4n) is 2.97. The van der Waals surface area contributed by atoms with E-state index >= 15 is 0 Å². The van der Waals surface area contributed by atoms with Crippen molar-refractivity contribution in [2.45, 2.75) is 33.1 Å². The number of carbonyl (C=O) groups is 2. The van der Waals surface area contributed by atoms with Gasteiger partial charge in [0.05, 0.1) is 12.7 Å². The highest BCUT2D eigenvalue weighted by Gasteiger charge is 2.38. The van der Waals surface area contributed by atoms with Gasteiger partial charge in [0.25, 0.3) is 0 Å². The van der Waals surface area contributed by atoms with Gasteiger partial charge in [-0.15, -0.1) is 0 Å². The summed E-state index contributed by atoms with van der Waals surface area (Å²) in [5.74, 6) is -0.283. The van der Waals surface area contributed by atoms with E-state index in [0.717, 1.165) is 24.1 Å². The van der Waals surface area contributed by atoms with Crippen LogP contribution in [-0.2, 0) is 20.7 Å². The van der Waals surface area contributed by atoms with Gasteiger partial charge in [-0.05, 0) is 37.0 Å². The maximum absolute atomic E-state index is 12.8. The molecule has 0 spiro atoms. The van der Waals surface area contributed by atoms with Crippen LogP contribution in [0.5, 0.6) is 0 Å². The van der Waals surface area contributed by atoms with Crippen LogP contribution in [0, 0.1) is 5.41 Å². The second-order valence-electron chi connectivity index (χ2n) is 6.55. The maximum Gasteiger partial charge on any atom is 0.337 e. The summed E-state index contributed by atoms with van der Waals surface area (Å²) in [7, 11) is 3.03. The van der Waals surface area contributed by atoms with Crippen LogP contribution in [0.3, 0.4) is 0 Å². The molecule has 1 aromatic rings. The summed E-state index contributed by atoms with van der Waals surface area (Å²) < 4.78 is 9.85. The lowest BCUT2D eigenvalue weighted by molar-refractivity contribution is -0.127. The van der Waals surface area contributed by atoms with E-state index in [1.807, 2.05) is 19.9 Å². The third-order valence-electron chi connectivity index (χ3n) is 4.23. The van der Waals surface area contributed by atoms with Gasteiger partial charge in [0.1, 0.15) is 0 Å². The molecule has 0 radical (unpaired) electrons. The molecule has 5 heteroatoms. The average Bonchev–Trinajstić information content (AvgIpc) is 2.53. The van der Waals surface area contributed by atoms with Crippen molar-refractivity contribution < 1.29 is 19.1 Å². The molecule has 0 aliphatic carbocycles. The van der Waals surface area contributed by atoms with Gasteiger partial charge in [-0.2, -0.15) is 0 Å². The summed E-state index contributed by atoms with van der Waals surface area (Å²) in [6, 6.07) is 5.46. The molecule has 2 rings (SSSR count). The minimum absolute atomic E-state index is 0.101. The molecule has 1 amide bonds. The minimum Gasteiger partial charge on any atom is -0.465 e. The molecule has 1 aliphatic heterocycles. The van der Waals surface area contributed by atoms with Crippen LogP contribution in [0.15, 0.2) is 18.2 Å². The van der Waals surface area contributed by atoms with E-state index in [1.165, 1.54) is 7.11 Å². The summed E-state index contributed by atoms with van der Waals surface area (Å²) in [4.78, 5) is 26.4. The van der Waals surface area contributed by atoms with E-state index in [4.69, 9.17) is 9.47 Å². The van der Waals surface area contributed by atoms with Crippen LogP contribution >= 0.6 is 0 Å². The third-order valence-corrected chi connectivity index (χ3v) is 4.23. The number of rotatable bonds is 6. The molecule has 0 saturated carbocycles. The second-order valence-corrected chi connectivity index (χ2v) is 6.55. The number of benzene rings is 1. The van der Waals surface area contributed by atoms with E-state index in [1.54, 1.807) is 24.1 Å². The fraction of sp³-hybridized carbons (Fsp3) is 0.556. The molecule has 0 N–H and O–H groups in total. The van der Waals surface area contributed by atoms with Gasteiger partial charge in [0, 0.05) is 31.4 Å². The molecule has 5 nitrogen and oxygen atoms in total. The zero-order valence-electron chi connectivity index (χ0n) is 14.3. The standard InChI is InChI=1S/C18H25NO4/c1-18(2)12-14-8-7-13(16(20)23-4)11-15(14)19(17(18)21)9-5-6-10-22-3/h7-8,11H,5-6,9-10,12H2,1-4H3. The van der Waals surface area contributed by atoms with Crippen molar-refractivity contribution in [1.82, 2.24) is 0 Å². The lowest BCUT2D eigenvalue weighted by atomic mass is 9.80. The Balaban J connectivity index is 2.32. The van der Waals surface area contributed by atoms with E-state index in [9.17, 15) is 9.59 Å². The molecule has 126 valence electrons. The Hall–Kier alpha value is -1.88. The summed E-state index contributed by atoms with van der Waals surface area (Å²) in [5.41, 5.74) is 1.96. The van der Waals surface area contributed by atoms with Crippen molar-refractivity contribution >= 4 is 17.6 Å². The Morgan fingerprint density at radius 1 is 1.26 bits per heavy atom. The van der Waals surface area contributed by atoms with Crippen molar-refractivity contribution in [3.63, 3.8) is 0 Å². The normalized spacial score (nSPS) is 16.2. The molecule has 0 saturated heterocycles. The Bertz CT molecular complexity index is 595. The molecule has 1 aromatic carbocycles. The SMILES string of the molecule is COCCCCN1C(=O)C(C)(C)Cc2ccc(C(=O)OC)cc21. The van der Waals surface area contributed by atoms with Gasteiger partial charge < -0.3 is 14.4 Å². The number of ether oxygens (including phenoxy) is 2. The number of amides is 1. The van der Waals surface area contributed by atoms with Crippen LogP contribution in [0.2, 0.25) is 0 Å². The van der Waals surface area contributed by atoms with E-state index in [0.29, 0.717) is 25.1 Å². The summed E-state index contributed by atoms with van der Waals surface area (Å²) >= 11 is 0. The molecular formula is C18H25NO4. The van der Waals surface area contributed by atoms with Crippen molar-refractivity contribution in [2.75, 3.05) is 32.3 Å². The molecule has 0 unspecified atom stereocenters. The predicted octanol–water partition coefficient (Wildman–Crippen LogP) is 2.82. The van der Waals surface area contributed by atoms with Crippen LogP contribution in [0.1, 0.15) is 42.6 Å². The minimum atomic E-state index is -0.430. The van der Waals surface area contributed by atoms with Crippen molar-refractivity contribution in [3.05, 3.63) is 29.3 Å². The molecule has 1 heterocycles. The zero-order chi connectivity index (χ0) is 17.0. The van der Waals surface area contributed by atoms with Gasteiger partial charge >= 0.3 is 5.97 Å². The highest BCUT2D eigenvalue weighted by molar-refractivity contribution is 6.01. The summed E-state index contributed by atoms with van der Waals surface area (Å²) in [6.45, 7) is 5.24. The van der Waals surface area contributed by atoms with Gasteiger partial charge in [-0.1, -0.05) is 19.9 Å². The first-order valence-electron chi connectivity index (χ1n) is 7.93. The largest absolute Gasteiger partial charge is 0.465 e. The first-order valence-corrected chi connectivity index (χ1v) is 7.93. The molecule has 0 fully saturated rings. The predicted molar refractivity (Wildman–Crippen MR) is 88.7 cm³/mol. The molecule has 0 aromatic heterocycles. The van der Waals surface area contributed by atoms with Gasteiger partial charge in [-0.25, -0.2) is 4.79 Å². The lowest BCUT2D eigenvalue weighted by Gasteiger charge is -2.39. The third kappa shape index (κ3) is 3.72. The summed E-state index contributed by atoms with van der Waals surface area (Å²) in [6.07, 6.45) is 2.43. The Kier molecular flexibility index (Phi) is 5.42. The van der Waals surface area contributed by atoms with Crippen LogP contribution in [0.25, 0.3) is 0 Å². The summed E-state index contributed by atoms with van der Waals surface area (Å²) in [5, 5.41) is 0. The number of fused-ring (bicyclic) bond motifs is 1. The average molecular weight is 319 g/mol. The van der Waals surface area contributed by atoms with Crippen LogP contribution < -0.4 is 4.90 Å². The van der Waals surface area contributed by atoms with E-state index < -0.39 is 5.41 Å². The maximum atomic E-state index is 12.8. The molecule has 23 heavy (non-hydrogen) atoms. The highest BCUT2D eigenvalue weighted by atomic mass is 16.5. The highest BCUT2D eigenvalue weighted by Crippen LogP contribution is 2.38. The van der Waals surface area contributed by atoms with Crippen LogP contribution in [0.4, 0.5) is 5.69 Å². The van der Waals surface area contributed by atoms with Gasteiger partial charge in [-0.3, -0.25) is 4.79 Å². The lowest BCUT2D eigenvalue weighted by Crippen LogP contribution is -2.46.